The van der Waals surface area contributed by atoms with Gasteiger partial charge in [0, 0.05) is 27.2 Å². The van der Waals surface area contributed by atoms with E-state index >= 15 is 0 Å². The minimum Gasteiger partial charge on any atom is -0.495 e. The van der Waals surface area contributed by atoms with E-state index in [0.717, 1.165) is 12.1 Å². The van der Waals surface area contributed by atoms with Gasteiger partial charge in [-0.1, -0.05) is 13.0 Å². The van der Waals surface area contributed by atoms with Crippen molar-refractivity contribution in [1.82, 2.24) is 9.62 Å². The molecule has 120 valence electrons. The predicted octanol–water partition coefficient (Wildman–Crippen LogP) is 1.07. The fourth-order valence-corrected chi connectivity index (χ4v) is 3.10. The Kier molecular flexibility index (Phi) is 7.10. The molecule has 1 rings (SSSR count). The average Bonchev–Trinajstić information content (AvgIpc) is 2.49. The molecule has 6 nitrogen and oxygen atoms in total. The second kappa shape index (κ2) is 8.33. The maximum absolute atomic E-state index is 12.5. The van der Waals surface area contributed by atoms with Crippen LogP contribution in [0.5, 0.6) is 5.75 Å². The summed E-state index contributed by atoms with van der Waals surface area (Å²) in [4.78, 5) is 0.170. The highest BCUT2D eigenvalue weighted by Gasteiger charge is 2.24. The van der Waals surface area contributed by atoms with Crippen molar-refractivity contribution in [3.63, 3.8) is 0 Å². The van der Waals surface area contributed by atoms with Crippen LogP contribution in [0.2, 0.25) is 0 Å². The third kappa shape index (κ3) is 4.67. The van der Waals surface area contributed by atoms with E-state index in [1.165, 1.54) is 25.6 Å². The summed E-state index contributed by atoms with van der Waals surface area (Å²) in [6.07, 6.45) is 0. The van der Waals surface area contributed by atoms with Crippen molar-refractivity contribution in [2.24, 2.45) is 0 Å². The summed E-state index contributed by atoms with van der Waals surface area (Å²) in [5.74, 6) is 0.356. The molecule has 21 heavy (non-hydrogen) atoms. The van der Waals surface area contributed by atoms with Crippen molar-refractivity contribution < 1.29 is 17.9 Å². The molecule has 0 aliphatic heterocycles. The van der Waals surface area contributed by atoms with E-state index in [1.54, 1.807) is 18.2 Å². The summed E-state index contributed by atoms with van der Waals surface area (Å²) in [6.45, 7) is 4.17. The molecular formula is C14H24N2O4S. The van der Waals surface area contributed by atoms with Gasteiger partial charge in [0.1, 0.15) is 10.6 Å². The Bertz CT molecular complexity index is 546. The molecule has 0 saturated heterocycles. The van der Waals surface area contributed by atoms with Crippen molar-refractivity contribution in [3.8, 4) is 5.75 Å². The van der Waals surface area contributed by atoms with Gasteiger partial charge in [0.15, 0.2) is 0 Å². The number of nitrogens with zero attached hydrogens (tertiary/aromatic N) is 1. The predicted molar refractivity (Wildman–Crippen MR) is 82.1 cm³/mol. The summed E-state index contributed by atoms with van der Waals surface area (Å²) in [6, 6.07) is 5.13. The molecule has 0 unspecified atom stereocenters. The molecule has 1 aromatic carbocycles. The van der Waals surface area contributed by atoms with Gasteiger partial charge in [0.2, 0.25) is 10.0 Å². The fraction of sp³-hybridized carbons (Fsp3) is 0.571. The molecule has 0 aromatic heterocycles. The zero-order valence-corrected chi connectivity index (χ0v) is 13.9. The van der Waals surface area contributed by atoms with Crippen LogP contribution in [0.25, 0.3) is 0 Å². The number of ether oxygens (including phenoxy) is 2. The summed E-state index contributed by atoms with van der Waals surface area (Å²) >= 11 is 0. The lowest BCUT2D eigenvalue weighted by molar-refractivity contribution is 0.185. The summed E-state index contributed by atoms with van der Waals surface area (Å²) in [5, 5.41) is 3.19. The lowest BCUT2D eigenvalue weighted by atomic mass is 10.2. The van der Waals surface area contributed by atoms with Crippen molar-refractivity contribution in [1.29, 1.82) is 0 Å². The van der Waals surface area contributed by atoms with Gasteiger partial charge in [-0.15, -0.1) is 0 Å². The largest absolute Gasteiger partial charge is 0.495 e. The number of sulfonamides is 1. The summed E-state index contributed by atoms with van der Waals surface area (Å²) in [7, 11) is 0.956. The number of rotatable bonds is 9. The molecule has 0 amide bonds. The van der Waals surface area contributed by atoms with Gasteiger partial charge in [-0.2, -0.15) is 4.31 Å². The third-order valence-corrected chi connectivity index (χ3v) is 5.00. The molecule has 0 saturated carbocycles. The number of hydrogen-bond donors (Lipinski definition) is 1. The summed E-state index contributed by atoms with van der Waals surface area (Å²) in [5.41, 5.74) is 0.979. The lowest BCUT2D eigenvalue weighted by Crippen LogP contribution is -2.30. The van der Waals surface area contributed by atoms with Gasteiger partial charge in [0.25, 0.3) is 0 Å². The minimum atomic E-state index is -3.58. The molecule has 0 fully saturated rings. The van der Waals surface area contributed by atoms with Crippen LogP contribution in [0.1, 0.15) is 12.5 Å². The monoisotopic (exact) mass is 316 g/mol. The second-order valence-corrected chi connectivity index (χ2v) is 6.60. The van der Waals surface area contributed by atoms with Gasteiger partial charge in [-0.25, -0.2) is 8.42 Å². The van der Waals surface area contributed by atoms with Gasteiger partial charge in [-0.3, -0.25) is 0 Å². The number of benzene rings is 1. The first-order valence-electron chi connectivity index (χ1n) is 6.80. The molecule has 1 aromatic rings. The number of likely N-dealkylation sites (N-methyl/N-ethyl adjacent to an activating group) is 1. The summed E-state index contributed by atoms with van der Waals surface area (Å²) < 4.78 is 36.5. The van der Waals surface area contributed by atoms with Crippen molar-refractivity contribution in [2.75, 3.05) is 41.0 Å². The Morgan fingerprint density at radius 1 is 1.29 bits per heavy atom. The molecular weight excluding hydrogens is 292 g/mol. The molecule has 7 heteroatoms. The van der Waals surface area contributed by atoms with E-state index < -0.39 is 10.0 Å². The maximum atomic E-state index is 12.5. The Hall–Kier alpha value is -1.15. The van der Waals surface area contributed by atoms with Crippen molar-refractivity contribution in [2.45, 2.75) is 18.4 Å². The van der Waals surface area contributed by atoms with Gasteiger partial charge in [0.05, 0.1) is 13.7 Å². The first-order valence-corrected chi connectivity index (χ1v) is 8.24. The molecule has 0 bridgehead atoms. The van der Waals surface area contributed by atoms with E-state index in [-0.39, 0.29) is 4.90 Å². The second-order valence-electron chi connectivity index (χ2n) is 4.58. The number of hydrogen-bond acceptors (Lipinski definition) is 5. The molecule has 0 atom stereocenters. The van der Waals surface area contributed by atoms with E-state index in [4.69, 9.17) is 9.47 Å². The first kappa shape index (κ1) is 17.9. The number of methoxy groups -OCH3 is 2. The topological polar surface area (TPSA) is 67.9 Å². The van der Waals surface area contributed by atoms with Crippen LogP contribution in [0.4, 0.5) is 0 Å². The van der Waals surface area contributed by atoms with Crippen LogP contribution < -0.4 is 10.1 Å². The van der Waals surface area contributed by atoms with Crippen LogP contribution in [0, 0.1) is 0 Å². The molecule has 0 spiro atoms. The quantitative estimate of drug-likeness (QED) is 0.738. The van der Waals surface area contributed by atoms with Gasteiger partial charge >= 0.3 is 0 Å². The zero-order chi connectivity index (χ0) is 15.9. The Morgan fingerprint density at radius 3 is 2.57 bits per heavy atom. The highest BCUT2D eigenvalue weighted by atomic mass is 32.2. The minimum absolute atomic E-state index is 0.170. The zero-order valence-electron chi connectivity index (χ0n) is 13.0. The molecule has 0 aliphatic rings. The van der Waals surface area contributed by atoms with Crippen molar-refractivity contribution >= 4 is 10.0 Å². The van der Waals surface area contributed by atoms with Crippen LogP contribution >= 0.6 is 0 Å². The van der Waals surface area contributed by atoms with Crippen LogP contribution in [-0.2, 0) is 21.3 Å². The maximum Gasteiger partial charge on any atom is 0.246 e. The van der Waals surface area contributed by atoms with E-state index in [9.17, 15) is 8.42 Å². The Labute approximate surface area is 127 Å². The first-order chi connectivity index (χ1) is 9.97. The third-order valence-electron chi connectivity index (χ3n) is 3.11. The number of nitrogens with one attached hydrogen (secondary N) is 1. The lowest BCUT2D eigenvalue weighted by Gasteiger charge is -2.19. The standard InChI is InChI=1S/C14H24N2O4S/c1-5-15-11-12-6-7-14(13(10-12)20-4)21(17,18)16(2)8-9-19-3/h6-7,10,15H,5,8-9,11H2,1-4H3. The Balaban J connectivity index is 3.05. The highest BCUT2D eigenvalue weighted by Crippen LogP contribution is 2.27. The highest BCUT2D eigenvalue weighted by molar-refractivity contribution is 7.89. The van der Waals surface area contributed by atoms with E-state index in [1.807, 2.05) is 6.92 Å². The van der Waals surface area contributed by atoms with Crippen molar-refractivity contribution in [3.05, 3.63) is 23.8 Å². The van der Waals surface area contributed by atoms with Crippen LogP contribution in [0.3, 0.4) is 0 Å². The van der Waals surface area contributed by atoms with Gasteiger partial charge in [-0.05, 0) is 24.2 Å². The van der Waals surface area contributed by atoms with E-state index in [0.29, 0.717) is 25.4 Å². The molecule has 0 heterocycles. The molecule has 1 N–H and O–H groups in total. The average molecular weight is 316 g/mol. The smallest absolute Gasteiger partial charge is 0.246 e. The van der Waals surface area contributed by atoms with Crippen LogP contribution in [-0.4, -0.2) is 53.7 Å². The van der Waals surface area contributed by atoms with E-state index in [2.05, 4.69) is 5.32 Å². The fourth-order valence-electron chi connectivity index (χ4n) is 1.81. The van der Waals surface area contributed by atoms with Gasteiger partial charge < -0.3 is 14.8 Å². The molecule has 0 aliphatic carbocycles. The normalized spacial score (nSPS) is 11.9. The molecule has 0 radical (unpaired) electrons. The SMILES string of the molecule is CCNCc1ccc(S(=O)(=O)N(C)CCOC)c(OC)c1. The Morgan fingerprint density at radius 2 is 2.00 bits per heavy atom. The van der Waals surface area contributed by atoms with Crippen LogP contribution in [0.15, 0.2) is 23.1 Å².